The minimum absolute atomic E-state index is 0.115. The van der Waals surface area contributed by atoms with Crippen molar-refractivity contribution in [3.8, 4) is 5.75 Å². The molecule has 0 radical (unpaired) electrons. The van der Waals surface area contributed by atoms with Crippen molar-refractivity contribution < 1.29 is 9.53 Å². The smallest absolute Gasteiger partial charge is 0.148 e. The minimum atomic E-state index is -0.115. The van der Waals surface area contributed by atoms with Gasteiger partial charge in [-0.1, -0.05) is 30.3 Å². The highest BCUT2D eigenvalue weighted by molar-refractivity contribution is 14.1. The fourth-order valence-corrected chi connectivity index (χ4v) is 2.72. The molecule has 1 unspecified atom stereocenters. The minimum Gasteiger partial charge on any atom is -0.492 e. The van der Waals surface area contributed by atoms with E-state index in [9.17, 15) is 4.79 Å². The summed E-state index contributed by atoms with van der Waals surface area (Å²) in [5, 5.41) is 0. The number of para-hydroxylation sites is 1. The summed E-state index contributed by atoms with van der Waals surface area (Å²) in [6, 6.07) is 15.9. The second-order valence-electron chi connectivity index (χ2n) is 4.67. The molecule has 1 aliphatic heterocycles. The van der Waals surface area contributed by atoms with Crippen LogP contribution in [-0.4, -0.2) is 12.4 Å². The number of hydrogen-bond acceptors (Lipinski definition) is 2. The lowest BCUT2D eigenvalue weighted by atomic mass is 9.93. The van der Waals surface area contributed by atoms with Gasteiger partial charge in [-0.2, -0.15) is 0 Å². The van der Waals surface area contributed by atoms with Gasteiger partial charge in [0.1, 0.15) is 18.1 Å². The number of hydrogen-bond donors (Lipinski definition) is 0. The zero-order valence-electron chi connectivity index (χ0n) is 10.3. The SMILES string of the molecule is O=C(Cc1ccc(I)cc1)C1COc2ccccc21. The van der Waals surface area contributed by atoms with Gasteiger partial charge in [-0.25, -0.2) is 0 Å². The predicted octanol–water partition coefficient (Wildman–Crippen LogP) is 3.58. The first-order valence-electron chi connectivity index (χ1n) is 6.23. The molecule has 3 rings (SSSR count). The zero-order valence-corrected chi connectivity index (χ0v) is 12.5. The number of rotatable bonds is 3. The number of halogens is 1. The Balaban J connectivity index is 1.77. The number of fused-ring (bicyclic) bond motifs is 1. The molecule has 1 heterocycles. The highest BCUT2D eigenvalue weighted by Crippen LogP contribution is 2.34. The van der Waals surface area contributed by atoms with Gasteiger partial charge < -0.3 is 4.74 Å². The fraction of sp³-hybridized carbons (Fsp3) is 0.188. The maximum Gasteiger partial charge on any atom is 0.148 e. The lowest BCUT2D eigenvalue weighted by Crippen LogP contribution is -2.16. The van der Waals surface area contributed by atoms with Crippen molar-refractivity contribution in [3.63, 3.8) is 0 Å². The molecule has 19 heavy (non-hydrogen) atoms. The van der Waals surface area contributed by atoms with Crippen molar-refractivity contribution in [1.29, 1.82) is 0 Å². The molecule has 2 aromatic rings. The molecule has 0 amide bonds. The summed E-state index contributed by atoms with van der Waals surface area (Å²) in [6.45, 7) is 0.475. The van der Waals surface area contributed by atoms with E-state index in [1.807, 2.05) is 48.5 Å². The van der Waals surface area contributed by atoms with Crippen molar-refractivity contribution in [2.24, 2.45) is 0 Å². The number of carbonyl (C=O) groups excluding carboxylic acids is 1. The van der Waals surface area contributed by atoms with E-state index in [0.29, 0.717) is 13.0 Å². The molecule has 1 atom stereocenters. The second-order valence-corrected chi connectivity index (χ2v) is 5.92. The lowest BCUT2D eigenvalue weighted by Gasteiger charge is -2.08. The fourth-order valence-electron chi connectivity index (χ4n) is 2.36. The van der Waals surface area contributed by atoms with Crippen molar-refractivity contribution in [2.45, 2.75) is 12.3 Å². The van der Waals surface area contributed by atoms with E-state index >= 15 is 0 Å². The summed E-state index contributed by atoms with van der Waals surface area (Å²) in [6.07, 6.45) is 0.472. The molecule has 0 bridgehead atoms. The monoisotopic (exact) mass is 364 g/mol. The van der Waals surface area contributed by atoms with Gasteiger partial charge in [-0.3, -0.25) is 4.79 Å². The van der Waals surface area contributed by atoms with Crippen LogP contribution in [0.2, 0.25) is 0 Å². The third-order valence-electron chi connectivity index (χ3n) is 3.38. The molecule has 0 saturated heterocycles. The Morgan fingerprint density at radius 1 is 1.16 bits per heavy atom. The zero-order chi connectivity index (χ0) is 13.2. The van der Waals surface area contributed by atoms with Crippen LogP contribution in [0.3, 0.4) is 0 Å². The van der Waals surface area contributed by atoms with Crippen LogP contribution in [-0.2, 0) is 11.2 Å². The third kappa shape index (κ3) is 2.66. The molecular weight excluding hydrogens is 351 g/mol. The standard InChI is InChI=1S/C16H13IO2/c17-12-7-5-11(6-8-12)9-15(18)14-10-19-16-4-2-1-3-13(14)16/h1-8,14H,9-10H2. The number of ether oxygens (including phenoxy) is 1. The van der Waals surface area contributed by atoms with E-state index in [1.165, 1.54) is 3.57 Å². The van der Waals surface area contributed by atoms with Crippen LogP contribution in [0.4, 0.5) is 0 Å². The summed E-state index contributed by atoms with van der Waals surface area (Å²) in [5.74, 6) is 0.963. The number of benzene rings is 2. The number of Topliss-reactive ketones (excluding diaryl/α,β-unsaturated/α-hetero) is 1. The van der Waals surface area contributed by atoms with E-state index in [-0.39, 0.29) is 11.7 Å². The maximum atomic E-state index is 12.4. The Morgan fingerprint density at radius 3 is 2.68 bits per heavy atom. The first-order chi connectivity index (χ1) is 9.24. The second kappa shape index (κ2) is 5.33. The van der Waals surface area contributed by atoms with Gasteiger partial charge in [-0.05, 0) is 46.4 Å². The van der Waals surface area contributed by atoms with Crippen LogP contribution in [0.25, 0.3) is 0 Å². The number of ketones is 1. The Hall–Kier alpha value is -1.36. The van der Waals surface area contributed by atoms with Crippen LogP contribution >= 0.6 is 22.6 Å². The van der Waals surface area contributed by atoms with Crippen molar-refractivity contribution in [1.82, 2.24) is 0 Å². The Labute approximate surface area is 125 Å². The van der Waals surface area contributed by atoms with Crippen LogP contribution in [0.5, 0.6) is 5.75 Å². The van der Waals surface area contributed by atoms with Crippen LogP contribution in [0.15, 0.2) is 48.5 Å². The van der Waals surface area contributed by atoms with Gasteiger partial charge in [0.05, 0.1) is 5.92 Å². The van der Waals surface area contributed by atoms with E-state index in [4.69, 9.17) is 4.74 Å². The Kier molecular flexibility index (Phi) is 3.55. The van der Waals surface area contributed by atoms with Gasteiger partial charge in [0.2, 0.25) is 0 Å². The van der Waals surface area contributed by atoms with Gasteiger partial charge in [0, 0.05) is 15.6 Å². The molecule has 2 aromatic carbocycles. The van der Waals surface area contributed by atoms with E-state index < -0.39 is 0 Å². The van der Waals surface area contributed by atoms with Crippen LogP contribution in [0.1, 0.15) is 17.0 Å². The molecule has 2 nitrogen and oxygen atoms in total. The Morgan fingerprint density at radius 2 is 1.89 bits per heavy atom. The van der Waals surface area contributed by atoms with E-state index in [0.717, 1.165) is 16.9 Å². The quantitative estimate of drug-likeness (QED) is 0.779. The van der Waals surface area contributed by atoms with Gasteiger partial charge in [0.25, 0.3) is 0 Å². The van der Waals surface area contributed by atoms with Crippen molar-refractivity contribution in [2.75, 3.05) is 6.61 Å². The summed E-state index contributed by atoms with van der Waals surface area (Å²) in [4.78, 5) is 12.4. The first kappa shape index (κ1) is 12.7. The molecule has 0 spiro atoms. The normalized spacial score (nSPS) is 16.8. The maximum absolute atomic E-state index is 12.4. The summed E-state index contributed by atoms with van der Waals surface area (Å²) in [7, 11) is 0. The molecule has 0 fully saturated rings. The molecule has 1 aliphatic rings. The van der Waals surface area contributed by atoms with Gasteiger partial charge in [0.15, 0.2) is 0 Å². The summed E-state index contributed by atoms with van der Waals surface area (Å²) >= 11 is 2.26. The largest absolute Gasteiger partial charge is 0.492 e. The third-order valence-corrected chi connectivity index (χ3v) is 4.10. The highest BCUT2D eigenvalue weighted by atomic mass is 127. The van der Waals surface area contributed by atoms with Crippen LogP contribution < -0.4 is 4.74 Å². The highest BCUT2D eigenvalue weighted by Gasteiger charge is 2.29. The molecule has 0 saturated carbocycles. The molecule has 0 aromatic heterocycles. The Bertz CT molecular complexity index is 604. The van der Waals surface area contributed by atoms with Gasteiger partial charge in [-0.15, -0.1) is 0 Å². The molecular formula is C16H13IO2. The average molecular weight is 364 g/mol. The van der Waals surface area contributed by atoms with E-state index in [2.05, 4.69) is 22.6 Å². The van der Waals surface area contributed by atoms with Crippen LogP contribution in [0, 0.1) is 3.57 Å². The molecule has 3 heteroatoms. The first-order valence-corrected chi connectivity index (χ1v) is 7.31. The number of carbonyl (C=O) groups is 1. The van der Waals surface area contributed by atoms with Crippen molar-refractivity contribution >= 4 is 28.4 Å². The molecule has 96 valence electrons. The molecule has 0 N–H and O–H groups in total. The molecule has 0 aliphatic carbocycles. The van der Waals surface area contributed by atoms with Crippen molar-refractivity contribution in [3.05, 3.63) is 63.2 Å². The van der Waals surface area contributed by atoms with E-state index in [1.54, 1.807) is 0 Å². The summed E-state index contributed by atoms with van der Waals surface area (Å²) < 4.78 is 6.75. The average Bonchev–Trinajstić information content (AvgIpc) is 2.85. The lowest BCUT2D eigenvalue weighted by molar-refractivity contribution is -0.120. The van der Waals surface area contributed by atoms with Gasteiger partial charge >= 0.3 is 0 Å². The topological polar surface area (TPSA) is 26.3 Å². The predicted molar refractivity (Wildman–Crippen MR) is 82.5 cm³/mol. The summed E-state index contributed by atoms with van der Waals surface area (Å²) in [5.41, 5.74) is 2.09.